The molecule has 0 saturated heterocycles. The molecule has 6 nitrogen and oxygen atoms in total. The molecule has 0 spiro atoms. The van der Waals surface area contributed by atoms with E-state index in [0.29, 0.717) is 31.3 Å². The van der Waals surface area contributed by atoms with Gasteiger partial charge in [0.1, 0.15) is 5.82 Å². The maximum atomic E-state index is 12.2. The second kappa shape index (κ2) is 11.7. The molecule has 0 fully saturated rings. The lowest BCUT2D eigenvalue weighted by atomic mass is 10.2. The van der Waals surface area contributed by atoms with Crippen LogP contribution < -0.4 is 19.7 Å². The number of hydrogen-bond acceptors (Lipinski definition) is 5. The predicted molar refractivity (Wildman–Crippen MR) is 117 cm³/mol. The molecule has 2 rings (SSSR count). The fourth-order valence-corrected chi connectivity index (χ4v) is 2.85. The number of carbonyl (C=O) groups is 1. The van der Waals surface area contributed by atoms with E-state index >= 15 is 0 Å². The molecule has 2 aromatic rings. The van der Waals surface area contributed by atoms with Gasteiger partial charge in [-0.05, 0) is 63.1 Å². The first-order valence-electron chi connectivity index (χ1n) is 10.2. The van der Waals surface area contributed by atoms with E-state index in [1.165, 1.54) is 6.08 Å². The molecule has 0 bridgehead atoms. The number of pyridine rings is 1. The summed E-state index contributed by atoms with van der Waals surface area (Å²) in [5.74, 6) is 2.17. The number of amides is 1. The van der Waals surface area contributed by atoms with Gasteiger partial charge in [0.15, 0.2) is 11.5 Å². The number of ether oxygens (including phenoxy) is 2. The first-order chi connectivity index (χ1) is 14.1. The van der Waals surface area contributed by atoms with E-state index < -0.39 is 0 Å². The molecule has 0 radical (unpaired) electrons. The predicted octanol–water partition coefficient (Wildman–Crippen LogP) is 4.05. The Labute approximate surface area is 173 Å². The van der Waals surface area contributed by atoms with E-state index in [1.54, 1.807) is 12.3 Å². The lowest BCUT2D eigenvalue weighted by Gasteiger charge is -2.19. The quantitative estimate of drug-likeness (QED) is 0.580. The van der Waals surface area contributed by atoms with Crippen molar-refractivity contribution >= 4 is 17.8 Å². The number of nitrogens with one attached hydrogen (secondary N) is 1. The third-order valence-electron chi connectivity index (χ3n) is 4.36. The van der Waals surface area contributed by atoms with Crippen LogP contribution in [0, 0.1) is 0 Å². The van der Waals surface area contributed by atoms with Crippen LogP contribution in [0.25, 0.3) is 6.08 Å². The van der Waals surface area contributed by atoms with E-state index in [-0.39, 0.29) is 5.91 Å². The second-order valence-electron chi connectivity index (χ2n) is 6.32. The highest BCUT2D eigenvalue weighted by molar-refractivity contribution is 5.91. The average molecular weight is 398 g/mol. The van der Waals surface area contributed by atoms with Crippen LogP contribution in [0.1, 0.15) is 38.8 Å². The van der Waals surface area contributed by atoms with Gasteiger partial charge in [-0.1, -0.05) is 12.1 Å². The lowest BCUT2D eigenvalue weighted by molar-refractivity contribution is -0.116. The number of rotatable bonds is 11. The minimum Gasteiger partial charge on any atom is -0.490 e. The monoisotopic (exact) mass is 397 g/mol. The second-order valence-corrected chi connectivity index (χ2v) is 6.32. The smallest absolute Gasteiger partial charge is 0.244 e. The average Bonchev–Trinajstić information content (AvgIpc) is 2.74. The normalized spacial score (nSPS) is 10.8. The molecule has 1 heterocycles. The number of nitrogens with zero attached hydrogens (tertiary/aromatic N) is 2. The molecular weight excluding hydrogens is 366 g/mol. The Morgan fingerprint density at radius 1 is 1.03 bits per heavy atom. The highest BCUT2D eigenvalue weighted by Gasteiger charge is 2.06. The molecular formula is C23H31N3O3. The van der Waals surface area contributed by atoms with E-state index in [4.69, 9.17) is 9.47 Å². The van der Waals surface area contributed by atoms with Gasteiger partial charge in [-0.2, -0.15) is 0 Å². The van der Waals surface area contributed by atoms with Gasteiger partial charge in [-0.25, -0.2) is 4.98 Å². The fourth-order valence-electron chi connectivity index (χ4n) is 2.85. The largest absolute Gasteiger partial charge is 0.490 e. The van der Waals surface area contributed by atoms with Crippen molar-refractivity contribution in [2.24, 2.45) is 0 Å². The van der Waals surface area contributed by atoms with Crippen molar-refractivity contribution in [3.63, 3.8) is 0 Å². The molecule has 0 aliphatic heterocycles. The number of hydrogen-bond donors (Lipinski definition) is 1. The molecule has 1 aromatic carbocycles. The maximum Gasteiger partial charge on any atom is 0.244 e. The third-order valence-corrected chi connectivity index (χ3v) is 4.36. The number of aromatic nitrogens is 1. The van der Waals surface area contributed by atoms with E-state index in [0.717, 1.165) is 30.0 Å². The van der Waals surface area contributed by atoms with Crippen LogP contribution in [-0.4, -0.2) is 37.2 Å². The van der Waals surface area contributed by atoms with Crippen molar-refractivity contribution in [1.82, 2.24) is 10.3 Å². The van der Waals surface area contributed by atoms with E-state index in [2.05, 4.69) is 29.0 Å². The first kappa shape index (κ1) is 22.3. The summed E-state index contributed by atoms with van der Waals surface area (Å²) >= 11 is 0. The minimum atomic E-state index is -0.162. The van der Waals surface area contributed by atoms with Gasteiger partial charge in [0.05, 0.1) is 13.2 Å². The van der Waals surface area contributed by atoms with Crippen LogP contribution in [-0.2, 0) is 11.3 Å². The summed E-state index contributed by atoms with van der Waals surface area (Å²) in [6.45, 7) is 11.5. The SMILES string of the molecule is CCOc1ccc(C=CC(=O)NCc2ccc(N(CC)CC)nc2)cc1OCC. The van der Waals surface area contributed by atoms with Crippen molar-refractivity contribution in [2.75, 3.05) is 31.2 Å². The zero-order chi connectivity index (χ0) is 21.1. The van der Waals surface area contributed by atoms with Gasteiger partial charge in [0, 0.05) is 31.9 Å². The first-order valence-corrected chi connectivity index (χ1v) is 10.2. The molecule has 6 heteroatoms. The zero-order valence-corrected chi connectivity index (χ0v) is 17.8. The Morgan fingerprint density at radius 3 is 2.38 bits per heavy atom. The number of anilines is 1. The Bertz CT molecular complexity index is 800. The van der Waals surface area contributed by atoms with E-state index in [1.807, 2.05) is 44.2 Å². The molecule has 1 aromatic heterocycles. The molecule has 0 saturated carbocycles. The number of benzene rings is 1. The Kier molecular flexibility index (Phi) is 9.02. The van der Waals surface area contributed by atoms with Gasteiger partial charge < -0.3 is 19.7 Å². The molecule has 156 valence electrons. The van der Waals surface area contributed by atoms with Crippen LogP contribution in [0.15, 0.2) is 42.6 Å². The minimum absolute atomic E-state index is 0.162. The highest BCUT2D eigenvalue weighted by Crippen LogP contribution is 2.29. The molecule has 29 heavy (non-hydrogen) atoms. The molecule has 0 aliphatic rings. The van der Waals surface area contributed by atoms with Crippen LogP contribution in [0.3, 0.4) is 0 Å². The van der Waals surface area contributed by atoms with Crippen molar-refractivity contribution in [1.29, 1.82) is 0 Å². The third kappa shape index (κ3) is 6.82. The van der Waals surface area contributed by atoms with Gasteiger partial charge in [-0.15, -0.1) is 0 Å². The molecule has 0 atom stereocenters. The summed E-state index contributed by atoms with van der Waals surface area (Å²) in [6.07, 6.45) is 5.08. The van der Waals surface area contributed by atoms with Gasteiger partial charge in [0.25, 0.3) is 0 Å². The summed E-state index contributed by atoms with van der Waals surface area (Å²) in [5, 5.41) is 2.88. The standard InChI is InChI=1S/C23H31N3O3/c1-5-26(6-2)22-13-10-19(16-24-22)17-25-23(27)14-11-18-9-12-20(28-7-3)21(15-18)29-8-4/h9-16H,5-8,17H2,1-4H3,(H,25,27). The van der Waals surface area contributed by atoms with Crippen LogP contribution in [0.4, 0.5) is 5.82 Å². The van der Waals surface area contributed by atoms with Crippen molar-refractivity contribution in [3.05, 3.63) is 53.7 Å². The van der Waals surface area contributed by atoms with Crippen molar-refractivity contribution < 1.29 is 14.3 Å². The topological polar surface area (TPSA) is 63.7 Å². The molecule has 0 unspecified atom stereocenters. The highest BCUT2D eigenvalue weighted by atomic mass is 16.5. The summed E-state index contributed by atoms with van der Waals surface area (Å²) in [5.41, 5.74) is 1.83. The summed E-state index contributed by atoms with van der Waals surface area (Å²) in [7, 11) is 0. The summed E-state index contributed by atoms with van der Waals surface area (Å²) in [6, 6.07) is 9.60. The summed E-state index contributed by atoms with van der Waals surface area (Å²) < 4.78 is 11.2. The van der Waals surface area contributed by atoms with Crippen molar-refractivity contribution in [3.8, 4) is 11.5 Å². The zero-order valence-electron chi connectivity index (χ0n) is 17.8. The van der Waals surface area contributed by atoms with Crippen LogP contribution >= 0.6 is 0 Å². The van der Waals surface area contributed by atoms with Gasteiger partial charge in [-0.3, -0.25) is 4.79 Å². The summed E-state index contributed by atoms with van der Waals surface area (Å²) in [4.78, 5) is 18.8. The van der Waals surface area contributed by atoms with Crippen LogP contribution in [0.2, 0.25) is 0 Å². The Hall–Kier alpha value is -3.02. The fraction of sp³-hybridized carbons (Fsp3) is 0.391. The molecule has 1 N–H and O–H groups in total. The van der Waals surface area contributed by atoms with Gasteiger partial charge >= 0.3 is 0 Å². The number of carbonyl (C=O) groups excluding carboxylic acids is 1. The van der Waals surface area contributed by atoms with Crippen molar-refractivity contribution in [2.45, 2.75) is 34.2 Å². The molecule has 0 aliphatic carbocycles. The Morgan fingerprint density at radius 2 is 1.76 bits per heavy atom. The lowest BCUT2D eigenvalue weighted by Crippen LogP contribution is -2.23. The maximum absolute atomic E-state index is 12.2. The molecule has 1 amide bonds. The van der Waals surface area contributed by atoms with Gasteiger partial charge in [0.2, 0.25) is 5.91 Å². The van der Waals surface area contributed by atoms with Crippen LogP contribution in [0.5, 0.6) is 11.5 Å². The van der Waals surface area contributed by atoms with E-state index in [9.17, 15) is 4.79 Å². The Balaban J connectivity index is 1.93.